The molecule has 0 atom stereocenters. The van der Waals surface area contributed by atoms with E-state index in [0.29, 0.717) is 42.9 Å². The Balaban J connectivity index is 1.55. The smallest absolute Gasteiger partial charge is 0.321 e. The minimum absolute atomic E-state index is 0.242. The highest BCUT2D eigenvalue weighted by Crippen LogP contribution is 2.35. The third-order valence-electron chi connectivity index (χ3n) is 6.30. The molecule has 1 N–H and O–H groups in total. The molecule has 0 unspecified atom stereocenters. The third-order valence-corrected chi connectivity index (χ3v) is 6.30. The van der Waals surface area contributed by atoms with Crippen molar-refractivity contribution in [3.63, 3.8) is 0 Å². The van der Waals surface area contributed by atoms with E-state index in [1.165, 1.54) is 4.68 Å². The zero-order valence-corrected chi connectivity index (χ0v) is 19.1. The van der Waals surface area contributed by atoms with Crippen LogP contribution in [0.2, 0.25) is 0 Å². The van der Waals surface area contributed by atoms with Crippen LogP contribution in [-0.2, 0) is 36.9 Å². The summed E-state index contributed by atoms with van der Waals surface area (Å²) in [6.07, 6.45) is -1.32. The highest BCUT2D eigenvalue weighted by Gasteiger charge is 2.39. The maximum absolute atomic E-state index is 13.5. The monoisotopic (exact) mass is 459 g/mol. The largest absolute Gasteiger partial charge is 0.435 e. The van der Waals surface area contributed by atoms with Gasteiger partial charge in [-0.1, -0.05) is 30.7 Å². The van der Waals surface area contributed by atoms with Gasteiger partial charge in [-0.15, -0.1) is 0 Å². The van der Waals surface area contributed by atoms with Crippen molar-refractivity contribution in [1.82, 2.24) is 19.6 Å². The number of fused-ring (bicyclic) bond motifs is 1. The van der Waals surface area contributed by atoms with Crippen molar-refractivity contribution in [2.45, 2.75) is 72.1 Å². The summed E-state index contributed by atoms with van der Waals surface area (Å²) in [5, 5.41) is 11.2. The predicted molar refractivity (Wildman–Crippen MR) is 119 cm³/mol. The Morgan fingerprint density at radius 2 is 1.76 bits per heavy atom. The number of hydrogen-bond donors (Lipinski definition) is 1. The molecule has 6 nitrogen and oxygen atoms in total. The first-order valence-electron chi connectivity index (χ1n) is 11.2. The second kappa shape index (κ2) is 9.03. The molecule has 4 rings (SSSR count). The molecular weight excluding hydrogens is 431 g/mol. The lowest BCUT2D eigenvalue weighted by Gasteiger charge is -2.10. The molecule has 9 heteroatoms. The summed E-state index contributed by atoms with van der Waals surface area (Å²) in [5.41, 5.74) is 4.22. The summed E-state index contributed by atoms with van der Waals surface area (Å²) >= 11 is 0. The van der Waals surface area contributed by atoms with E-state index in [1.54, 1.807) is 6.92 Å². The number of aromatic nitrogens is 4. The van der Waals surface area contributed by atoms with E-state index >= 15 is 0 Å². The molecule has 2 aromatic heterocycles. The zero-order valence-electron chi connectivity index (χ0n) is 19.1. The summed E-state index contributed by atoms with van der Waals surface area (Å²) in [7, 11) is 0. The van der Waals surface area contributed by atoms with E-state index in [4.69, 9.17) is 0 Å². The van der Waals surface area contributed by atoms with Gasteiger partial charge in [-0.25, -0.2) is 0 Å². The minimum Gasteiger partial charge on any atom is -0.321 e. The van der Waals surface area contributed by atoms with Crippen LogP contribution >= 0.6 is 0 Å². The van der Waals surface area contributed by atoms with Crippen LogP contribution in [0.5, 0.6) is 0 Å². The second-order valence-corrected chi connectivity index (χ2v) is 8.67. The topological polar surface area (TPSA) is 64.7 Å². The molecule has 0 radical (unpaired) electrons. The van der Waals surface area contributed by atoms with Gasteiger partial charge in [0.1, 0.15) is 6.54 Å². The van der Waals surface area contributed by atoms with Crippen LogP contribution in [0.3, 0.4) is 0 Å². The first kappa shape index (κ1) is 23.1. The van der Waals surface area contributed by atoms with Crippen LogP contribution in [0.15, 0.2) is 24.3 Å². The van der Waals surface area contributed by atoms with E-state index in [1.807, 2.05) is 42.8 Å². The lowest BCUT2D eigenvalue weighted by atomic mass is 10.1. The highest BCUT2D eigenvalue weighted by atomic mass is 19.4. The van der Waals surface area contributed by atoms with E-state index < -0.39 is 17.8 Å². The fourth-order valence-electron chi connectivity index (χ4n) is 4.50. The van der Waals surface area contributed by atoms with Gasteiger partial charge in [-0.2, -0.15) is 23.4 Å². The normalized spacial score (nSPS) is 14.1. The summed E-state index contributed by atoms with van der Waals surface area (Å²) in [6.45, 7) is 6.01. The van der Waals surface area contributed by atoms with Crippen molar-refractivity contribution in [3.05, 3.63) is 63.7 Å². The van der Waals surface area contributed by atoms with Gasteiger partial charge < -0.3 is 5.32 Å². The van der Waals surface area contributed by atoms with Crippen molar-refractivity contribution in [2.75, 3.05) is 5.32 Å². The average Bonchev–Trinajstić information content (AvgIpc) is 3.09. The fourth-order valence-corrected chi connectivity index (χ4v) is 4.50. The Morgan fingerprint density at radius 1 is 1.03 bits per heavy atom. The van der Waals surface area contributed by atoms with Crippen LogP contribution in [0.1, 0.15) is 58.7 Å². The summed E-state index contributed by atoms with van der Waals surface area (Å²) in [6, 6.07) is 8.02. The van der Waals surface area contributed by atoms with Crippen molar-refractivity contribution in [2.24, 2.45) is 0 Å². The SMILES string of the molecule is Cc1ccccc1Cn1nc(C)c(NC(=O)Cn2nc(C(F)(F)F)c3c2CCCCC3)c1C. The van der Waals surface area contributed by atoms with Crippen LogP contribution in [0, 0.1) is 20.8 Å². The Hall–Kier alpha value is -3.10. The molecule has 0 aliphatic heterocycles. The summed E-state index contributed by atoms with van der Waals surface area (Å²) < 4.78 is 43.7. The molecule has 2 heterocycles. The standard InChI is InChI=1S/C24H28F3N5O/c1-15-9-7-8-10-18(15)13-31-17(3)22(16(2)29-31)28-21(33)14-32-20-12-6-4-5-11-19(20)23(30-32)24(25,26)27/h7-10H,4-6,11-14H2,1-3H3,(H,28,33). The Bertz CT molecular complexity index is 1180. The van der Waals surface area contributed by atoms with Gasteiger partial charge in [-0.3, -0.25) is 14.2 Å². The first-order chi connectivity index (χ1) is 15.6. The molecule has 0 fully saturated rings. The Kier molecular flexibility index (Phi) is 6.32. The quantitative estimate of drug-likeness (QED) is 0.548. The van der Waals surface area contributed by atoms with Gasteiger partial charge in [0.05, 0.1) is 23.6 Å². The summed E-state index contributed by atoms with van der Waals surface area (Å²) in [4.78, 5) is 12.8. The van der Waals surface area contributed by atoms with Gasteiger partial charge >= 0.3 is 6.18 Å². The van der Waals surface area contributed by atoms with Crippen LogP contribution < -0.4 is 5.32 Å². The number of carbonyl (C=O) groups is 1. The molecule has 176 valence electrons. The molecule has 0 spiro atoms. The third kappa shape index (κ3) is 4.82. The highest BCUT2D eigenvalue weighted by molar-refractivity contribution is 5.91. The summed E-state index contributed by atoms with van der Waals surface area (Å²) in [5.74, 6) is -0.417. The number of nitrogens with zero attached hydrogens (tertiary/aromatic N) is 4. The second-order valence-electron chi connectivity index (χ2n) is 8.67. The van der Waals surface area contributed by atoms with Gasteiger partial charge in [0.25, 0.3) is 0 Å². The minimum atomic E-state index is -4.53. The molecule has 1 aliphatic carbocycles. The van der Waals surface area contributed by atoms with Gasteiger partial charge in [0.2, 0.25) is 5.91 Å². The molecule has 0 bridgehead atoms. The molecule has 1 aromatic carbocycles. The first-order valence-corrected chi connectivity index (χ1v) is 11.2. The van der Waals surface area contributed by atoms with Crippen molar-refractivity contribution in [3.8, 4) is 0 Å². The lowest BCUT2D eigenvalue weighted by molar-refractivity contribution is -0.142. The Morgan fingerprint density at radius 3 is 2.48 bits per heavy atom. The number of aryl methyl sites for hydroxylation is 2. The molecule has 1 aliphatic rings. The van der Waals surface area contributed by atoms with E-state index in [9.17, 15) is 18.0 Å². The average molecular weight is 460 g/mol. The van der Waals surface area contributed by atoms with Crippen LogP contribution in [0.4, 0.5) is 18.9 Å². The van der Waals surface area contributed by atoms with Crippen molar-refractivity contribution >= 4 is 11.6 Å². The van der Waals surface area contributed by atoms with Gasteiger partial charge in [-0.05, 0) is 57.6 Å². The molecule has 0 saturated carbocycles. The van der Waals surface area contributed by atoms with Gasteiger partial charge in [0.15, 0.2) is 5.69 Å². The van der Waals surface area contributed by atoms with Crippen molar-refractivity contribution in [1.29, 1.82) is 0 Å². The number of nitrogens with one attached hydrogen (secondary N) is 1. The molecule has 33 heavy (non-hydrogen) atoms. The van der Waals surface area contributed by atoms with Gasteiger partial charge in [0, 0.05) is 11.3 Å². The number of alkyl halides is 3. The fraction of sp³-hybridized carbons (Fsp3) is 0.458. The zero-order chi connectivity index (χ0) is 23.8. The number of benzene rings is 1. The van der Waals surface area contributed by atoms with E-state index in [0.717, 1.165) is 29.7 Å². The van der Waals surface area contributed by atoms with Crippen LogP contribution in [0.25, 0.3) is 0 Å². The molecule has 0 saturated heterocycles. The molecule has 1 amide bonds. The Labute approximate surface area is 190 Å². The number of carbonyl (C=O) groups excluding carboxylic acids is 1. The van der Waals surface area contributed by atoms with Crippen molar-refractivity contribution < 1.29 is 18.0 Å². The predicted octanol–water partition coefficient (Wildman–Crippen LogP) is 4.98. The molecular formula is C24H28F3N5O. The number of hydrogen-bond acceptors (Lipinski definition) is 3. The molecule has 3 aromatic rings. The number of anilines is 1. The number of amides is 1. The number of halogens is 3. The van der Waals surface area contributed by atoms with E-state index in [2.05, 4.69) is 15.5 Å². The van der Waals surface area contributed by atoms with Crippen LogP contribution in [-0.4, -0.2) is 25.5 Å². The maximum atomic E-state index is 13.5. The number of rotatable bonds is 5. The maximum Gasteiger partial charge on any atom is 0.435 e. The lowest BCUT2D eigenvalue weighted by Crippen LogP contribution is -2.22. The van der Waals surface area contributed by atoms with E-state index in [-0.39, 0.29) is 12.1 Å².